The summed E-state index contributed by atoms with van der Waals surface area (Å²) >= 11 is 0. The van der Waals surface area contributed by atoms with Gasteiger partial charge in [0.1, 0.15) is 18.2 Å². The summed E-state index contributed by atoms with van der Waals surface area (Å²) in [5.74, 6) is 0.578. The summed E-state index contributed by atoms with van der Waals surface area (Å²) in [4.78, 5) is 0. The molecule has 0 aromatic heterocycles. The van der Waals surface area contributed by atoms with Gasteiger partial charge >= 0.3 is 0 Å². The highest BCUT2D eigenvalue weighted by molar-refractivity contribution is 5.35. The van der Waals surface area contributed by atoms with E-state index < -0.39 is 0 Å². The second-order valence-electron chi connectivity index (χ2n) is 4.74. The first kappa shape index (κ1) is 13.6. The summed E-state index contributed by atoms with van der Waals surface area (Å²) in [7, 11) is 0. The lowest BCUT2D eigenvalue weighted by atomic mass is 10.1. The monoisotopic (exact) mass is 259 g/mol. The Morgan fingerprint density at radius 3 is 2.42 bits per heavy atom. The van der Waals surface area contributed by atoms with Gasteiger partial charge in [-0.05, 0) is 43.2 Å². The molecule has 0 saturated carbocycles. The third-order valence-corrected chi connectivity index (χ3v) is 3.05. The lowest BCUT2D eigenvalue weighted by Crippen LogP contribution is -2.19. The molecule has 0 aliphatic carbocycles. The van der Waals surface area contributed by atoms with E-state index in [1.807, 2.05) is 26.0 Å². The molecule has 0 amide bonds. The fraction of sp³-hybridized carbons (Fsp3) is 0.250. The lowest BCUT2D eigenvalue weighted by Gasteiger charge is -2.15. The van der Waals surface area contributed by atoms with Crippen LogP contribution in [0, 0.1) is 19.7 Å². The molecule has 2 N–H and O–H groups in total. The average Bonchev–Trinajstić information content (AvgIpc) is 2.38. The van der Waals surface area contributed by atoms with Crippen molar-refractivity contribution in [3.63, 3.8) is 0 Å². The van der Waals surface area contributed by atoms with Crippen LogP contribution in [0.4, 0.5) is 4.39 Å². The number of hydrogen-bond donors (Lipinski definition) is 1. The zero-order valence-corrected chi connectivity index (χ0v) is 11.2. The first-order chi connectivity index (χ1) is 9.06. The summed E-state index contributed by atoms with van der Waals surface area (Å²) in [5.41, 5.74) is 9.18. The fourth-order valence-corrected chi connectivity index (χ4v) is 1.95. The molecule has 100 valence electrons. The van der Waals surface area contributed by atoms with Gasteiger partial charge in [0.15, 0.2) is 0 Å². The number of aryl methyl sites for hydroxylation is 2. The van der Waals surface area contributed by atoms with Crippen molar-refractivity contribution in [1.82, 2.24) is 0 Å². The molecule has 0 saturated heterocycles. The van der Waals surface area contributed by atoms with Crippen LogP contribution in [0.3, 0.4) is 0 Å². The van der Waals surface area contributed by atoms with Gasteiger partial charge in [-0.1, -0.05) is 29.8 Å². The Bertz CT molecular complexity index is 551. The molecule has 0 aliphatic heterocycles. The Labute approximate surface area is 113 Å². The van der Waals surface area contributed by atoms with Gasteiger partial charge in [0.2, 0.25) is 0 Å². The molecule has 19 heavy (non-hydrogen) atoms. The zero-order chi connectivity index (χ0) is 13.8. The van der Waals surface area contributed by atoms with Crippen LogP contribution < -0.4 is 10.5 Å². The van der Waals surface area contributed by atoms with Crippen molar-refractivity contribution in [1.29, 1.82) is 0 Å². The summed E-state index contributed by atoms with van der Waals surface area (Å²) in [5, 5.41) is 0. The Kier molecular flexibility index (Phi) is 4.17. The molecule has 2 rings (SSSR count). The van der Waals surface area contributed by atoms with Gasteiger partial charge in [-0.25, -0.2) is 4.39 Å². The van der Waals surface area contributed by atoms with Crippen molar-refractivity contribution in [3.05, 3.63) is 65.0 Å². The third-order valence-electron chi connectivity index (χ3n) is 3.05. The summed E-state index contributed by atoms with van der Waals surface area (Å²) in [6.07, 6.45) is 0. The van der Waals surface area contributed by atoms with Crippen molar-refractivity contribution >= 4 is 0 Å². The smallest absolute Gasteiger partial charge is 0.123 e. The minimum Gasteiger partial charge on any atom is -0.491 e. The maximum atomic E-state index is 12.8. The quantitative estimate of drug-likeness (QED) is 0.911. The number of halogens is 1. The molecule has 2 aromatic rings. The molecule has 0 aliphatic rings. The summed E-state index contributed by atoms with van der Waals surface area (Å²) in [6.45, 7) is 4.42. The maximum Gasteiger partial charge on any atom is 0.123 e. The molecular weight excluding hydrogens is 241 g/mol. The van der Waals surface area contributed by atoms with Crippen LogP contribution in [0.1, 0.15) is 22.7 Å². The second kappa shape index (κ2) is 5.85. The Hall–Kier alpha value is -1.87. The van der Waals surface area contributed by atoms with Crippen molar-refractivity contribution < 1.29 is 9.13 Å². The van der Waals surface area contributed by atoms with Gasteiger partial charge in [-0.15, -0.1) is 0 Å². The van der Waals surface area contributed by atoms with Gasteiger partial charge in [-0.2, -0.15) is 0 Å². The summed E-state index contributed by atoms with van der Waals surface area (Å²) in [6, 6.07) is 11.9. The fourth-order valence-electron chi connectivity index (χ4n) is 1.95. The van der Waals surface area contributed by atoms with Crippen LogP contribution in [0.25, 0.3) is 0 Å². The largest absolute Gasteiger partial charge is 0.491 e. The van der Waals surface area contributed by atoms with Gasteiger partial charge in [0, 0.05) is 0 Å². The van der Waals surface area contributed by atoms with E-state index >= 15 is 0 Å². The number of hydrogen-bond acceptors (Lipinski definition) is 2. The lowest BCUT2D eigenvalue weighted by molar-refractivity contribution is 0.289. The number of nitrogens with two attached hydrogens (primary N) is 1. The maximum absolute atomic E-state index is 12.8. The first-order valence-corrected chi connectivity index (χ1v) is 6.27. The first-order valence-electron chi connectivity index (χ1n) is 6.27. The SMILES string of the molecule is Cc1ccc(OCC(N)c2ccc(F)cc2)c(C)c1. The van der Waals surface area contributed by atoms with Gasteiger partial charge in [-0.3, -0.25) is 0 Å². The zero-order valence-electron chi connectivity index (χ0n) is 11.2. The number of ether oxygens (including phenoxy) is 1. The molecular formula is C16H18FNO. The third kappa shape index (κ3) is 3.55. The molecule has 0 fully saturated rings. The normalized spacial score (nSPS) is 12.2. The van der Waals surface area contributed by atoms with Crippen molar-refractivity contribution in [2.45, 2.75) is 19.9 Å². The molecule has 0 bridgehead atoms. The molecule has 1 unspecified atom stereocenters. The van der Waals surface area contributed by atoms with E-state index in [1.54, 1.807) is 12.1 Å². The van der Waals surface area contributed by atoms with Gasteiger partial charge in [0.25, 0.3) is 0 Å². The second-order valence-corrected chi connectivity index (χ2v) is 4.74. The molecule has 0 radical (unpaired) electrons. The van der Waals surface area contributed by atoms with E-state index in [0.29, 0.717) is 6.61 Å². The van der Waals surface area contributed by atoms with Crippen LogP contribution in [-0.4, -0.2) is 6.61 Å². The Morgan fingerprint density at radius 2 is 1.79 bits per heavy atom. The van der Waals surface area contributed by atoms with Crippen molar-refractivity contribution in [3.8, 4) is 5.75 Å². The number of rotatable bonds is 4. The van der Waals surface area contributed by atoms with Crippen molar-refractivity contribution in [2.24, 2.45) is 5.73 Å². The molecule has 2 nitrogen and oxygen atoms in total. The minimum absolute atomic E-state index is 0.258. The average molecular weight is 259 g/mol. The highest BCUT2D eigenvalue weighted by Crippen LogP contribution is 2.20. The van der Waals surface area contributed by atoms with Crippen molar-refractivity contribution in [2.75, 3.05) is 6.61 Å². The molecule has 0 spiro atoms. The van der Waals surface area contributed by atoms with Crippen LogP contribution in [0.15, 0.2) is 42.5 Å². The molecule has 3 heteroatoms. The predicted molar refractivity (Wildman–Crippen MR) is 74.7 cm³/mol. The van der Waals surface area contributed by atoms with E-state index in [4.69, 9.17) is 10.5 Å². The van der Waals surface area contributed by atoms with Gasteiger partial charge in [0.05, 0.1) is 6.04 Å². The molecule has 2 aromatic carbocycles. The van der Waals surface area contributed by atoms with E-state index in [-0.39, 0.29) is 11.9 Å². The Morgan fingerprint density at radius 1 is 1.11 bits per heavy atom. The standard InChI is InChI=1S/C16H18FNO/c1-11-3-8-16(12(2)9-11)19-10-15(18)13-4-6-14(17)7-5-13/h3-9,15H,10,18H2,1-2H3. The molecule has 0 heterocycles. The highest BCUT2D eigenvalue weighted by Gasteiger charge is 2.08. The highest BCUT2D eigenvalue weighted by atomic mass is 19.1. The predicted octanol–water partition coefficient (Wildman–Crippen LogP) is 3.52. The molecule has 1 atom stereocenters. The van der Waals surface area contributed by atoms with Crippen LogP contribution in [0.5, 0.6) is 5.75 Å². The Balaban J connectivity index is 2.00. The van der Waals surface area contributed by atoms with Crippen LogP contribution >= 0.6 is 0 Å². The topological polar surface area (TPSA) is 35.2 Å². The van der Waals surface area contributed by atoms with E-state index in [2.05, 4.69) is 6.07 Å². The summed E-state index contributed by atoms with van der Waals surface area (Å²) < 4.78 is 18.5. The minimum atomic E-state index is -0.263. The van der Waals surface area contributed by atoms with E-state index in [1.165, 1.54) is 17.7 Å². The van der Waals surface area contributed by atoms with Gasteiger partial charge < -0.3 is 10.5 Å². The number of benzene rings is 2. The van der Waals surface area contributed by atoms with E-state index in [0.717, 1.165) is 16.9 Å². The van der Waals surface area contributed by atoms with Crippen LogP contribution in [0.2, 0.25) is 0 Å². The van der Waals surface area contributed by atoms with Crippen LogP contribution in [-0.2, 0) is 0 Å². The van der Waals surface area contributed by atoms with E-state index in [9.17, 15) is 4.39 Å².